The summed E-state index contributed by atoms with van der Waals surface area (Å²) in [5.41, 5.74) is 0.340. The Bertz CT molecular complexity index is 785. The first-order valence-corrected chi connectivity index (χ1v) is 8.74. The predicted molar refractivity (Wildman–Crippen MR) is 100 cm³/mol. The second kappa shape index (κ2) is 9.08. The Morgan fingerprint density at radius 3 is 2.64 bits per heavy atom. The van der Waals surface area contributed by atoms with Gasteiger partial charge in [-0.1, -0.05) is 51.3 Å². The zero-order chi connectivity index (χ0) is 18.4. The molecule has 0 aromatic heterocycles. The minimum atomic E-state index is -1.02. The number of nitrogens with one attached hydrogen (secondary N) is 1. The standard InChI is InChI=1S/C17H14BrCl2NO4/c1-10(17(23)21-14-7-3-6-13(19)16(14)20)25-15(22)9-24-12-5-2-4-11(18)8-12/h2-8,10H,9H2,1H3,(H,21,23). The Kier molecular flexibility index (Phi) is 7.11. The van der Waals surface area contributed by atoms with Gasteiger partial charge in [-0.25, -0.2) is 4.79 Å². The molecule has 0 heterocycles. The molecule has 25 heavy (non-hydrogen) atoms. The van der Waals surface area contributed by atoms with Gasteiger partial charge in [0.15, 0.2) is 12.7 Å². The van der Waals surface area contributed by atoms with Gasteiger partial charge in [-0.05, 0) is 37.3 Å². The SMILES string of the molecule is CC(OC(=O)COc1cccc(Br)c1)C(=O)Nc1cccc(Cl)c1Cl. The number of hydrogen-bond donors (Lipinski definition) is 1. The molecule has 0 fully saturated rings. The molecule has 1 N–H and O–H groups in total. The fraction of sp³-hybridized carbons (Fsp3) is 0.176. The summed E-state index contributed by atoms with van der Waals surface area (Å²) in [5.74, 6) is -0.686. The summed E-state index contributed by atoms with van der Waals surface area (Å²) < 4.78 is 11.2. The number of esters is 1. The summed E-state index contributed by atoms with van der Waals surface area (Å²) in [7, 11) is 0. The molecule has 0 aliphatic heterocycles. The number of halogens is 3. The maximum absolute atomic E-state index is 12.1. The first-order valence-electron chi connectivity index (χ1n) is 7.19. The van der Waals surface area contributed by atoms with Crippen LogP contribution in [0.2, 0.25) is 10.0 Å². The van der Waals surface area contributed by atoms with Crippen LogP contribution in [-0.2, 0) is 14.3 Å². The van der Waals surface area contributed by atoms with E-state index < -0.39 is 18.0 Å². The van der Waals surface area contributed by atoms with Crippen LogP contribution in [0, 0.1) is 0 Å². The van der Waals surface area contributed by atoms with E-state index >= 15 is 0 Å². The fourth-order valence-electron chi connectivity index (χ4n) is 1.82. The van der Waals surface area contributed by atoms with E-state index in [1.165, 1.54) is 6.92 Å². The van der Waals surface area contributed by atoms with Crippen LogP contribution in [-0.4, -0.2) is 24.6 Å². The van der Waals surface area contributed by atoms with Crippen LogP contribution in [0.4, 0.5) is 5.69 Å². The molecule has 2 aromatic carbocycles. The molecule has 0 bridgehead atoms. The second-order valence-electron chi connectivity index (χ2n) is 4.97. The molecule has 8 heteroatoms. The van der Waals surface area contributed by atoms with Gasteiger partial charge in [0.25, 0.3) is 5.91 Å². The highest BCUT2D eigenvalue weighted by atomic mass is 79.9. The maximum atomic E-state index is 12.1. The van der Waals surface area contributed by atoms with Crippen molar-refractivity contribution in [3.63, 3.8) is 0 Å². The maximum Gasteiger partial charge on any atom is 0.344 e. The van der Waals surface area contributed by atoms with E-state index in [1.807, 2.05) is 6.07 Å². The highest BCUT2D eigenvalue weighted by Gasteiger charge is 2.19. The summed E-state index contributed by atoms with van der Waals surface area (Å²) in [6.45, 7) is 1.14. The number of carbonyl (C=O) groups is 2. The normalized spacial score (nSPS) is 11.5. The molecule has 0 aliphatic carbocycles. The van der Waals surface area contributed by atoms with Crippen molar-refractivity contribution in [1.29, 1.82) is 0 Å². The van der Waals surface area contributed by atoms with Gasteiger partial charge < -0.3 is 14.8 Å². The lowest BCUT2D eigenvalue weighted by Gasteiger charge is -2.15. The van der Waals surface area contributed by atoms with Crippen LogP contribution in [0.3, 0.4) is 0 Å². The smallest absolute Gasteiger partial charge is 0.344 e. The number of ether oxygens (including phenoxy) is 2. The number of anilines is 1. The van der Waals surface area contributed by atoms with Crippen molar-refractivity contribution in [2.45, 2.75) is 13.0 Å². The molecule has 0 saturated heterocycles. The molecule has 1 unspecified atom stereocenters. The summed E-state index contributed by atoms with van der Waals surface area (Å²) in [6.07, 6.45) is -1.02. The van der Waals surface area contributed by atoms with Crippen molar-refractivity contribution < 1.29 is 19.1 Å². The molecule has 5 nitrogen and oxygen atoms in total. The fourth-order valence-corrected chi connectivity index (χ4v) is 2.54. The van der Waals surface area contributed by atoms with Gasteiger partial charge in [0.2, 0.25) is 0 Å². The van der Waals surface area contributed by atoms with E-state index in [2.05, 4.69) is 21.2 Å². The molecule has 2 rings (SSSR count). The quantitative estimate of drug-likeness (QED) is 0.653. The Balaban J connectivity index is 1.85. The summed E-state index contributed by atoms with van der Waals surface area (Å²) >= 11 is 15.2. The van der Waals surface area contributed by atoms with Gasteiger partial charge in [-0.3, -0.25) is 4.79 Å². The lowest BCUT2D eigenvalue weighted by molar-refractivity contribution is -0.155. The molecular weight excluding hydrogens is 433 g/mol. The van der Waals surface area contributed by atoms with E-state index in [0.29, 0.717) is 16.5 Å². The van der Waals surface area contributed by atoms with E-state index in [4.69, 9.17) is 32.7 Å². The first-order chi connectivity index (χ1) is 11.9. The molecule has 0 saturated carbocycles. The molecule has 0 aliphatic rings. The molecule has 2 aromatic rings. The summed E-state index contributed by atoms with van der Waals surface area (Å²) in [6, 6.07) is 11.9. The van der Waals surface area contributed by atoms with Gasteiger partial charge in [0, 0.05) is 4.47 Å². The number of benzene rings is 2. The third-order valence-electron chi connectivity index (χ3n) is 3.04. The van der Waals surface area contributed by atoms with Crippen molar-refractivity contribution in [2.24, 2.45) is 0 Å². The third-order valence-corrected chi connectivity index (χ3v) is 4.35. The first kappa shape index (κ1) is 19.6. The minimum Gasteiger partial charge on any atom is -0.482 e. The molecule has 0 radical (unpaired) electrons. The number of hydrogen-bond acceptors (Lipinski definition) is 4. The Hall–Kier alpha value is -1.76. The largest absolute Gasteiger partial charge is 0.482 e. The van der Waals surface area contributed by atoms with E-state index in [-0.39, 0.29) is 11.6 Å². The van der Waals surface area contributed by atoms with Crippen molar-refractivity contribution in [1.82, 2.24) is 0 Å². The minimum absolute atomic E-state index is 0.217. The molecule has 132 valence electrons. The van der Waals surface area contributed by atoms with Crippen LogP contribution in [0.1, 0.15) is 6.92 Å². The number of carbonyl (C=O) groups excluding carboxylic acids is 2. The number of rotatable bonds is 6. The van der Waals surface area contributed by atoms with Crippen LogP contribution in [0.25, 0.3) is 0 Å². The van der Waals surface area contributed by atoms with Crippen molar-refractivity contribution in [3.05, 3.63) is 57.0 Å². The average Bonchev–Trinajstić information content (AvgIpc) is 2.57. The summed E-state index contributed by atoms with van der Waals surface area (Å²) in [5, 5.41) is 3.09. The van der Waals surface area contributed by atoms with Gasteiger partial charge in [0.05, 0.1) is 15.7 Å². The van der Waals surface area contributed by atoms with Crippen LogP contribution < -0.4 is 10.1 Å². The van der Waals surface area contributed by atoms with Crippen LogP contribution in [0.15, 0.2) is 46.9 Å². The lowest BCUT2D eigenvalue weighted by atomic mass is 10.3. The van der Waals surface area contributed by atoms with E-state index in [0.717, 1.165) is 4.47 Å². The van der Waals surface area contributed by atoms with Crippen LogP contribution >= 0.6 is 39.1 Å². The topological polar surface area (TPSA) is 64.6 Å². The highest BCUT2D eigenvalue weighted by molar-refractivity contribution is 9.10. The molecule has 1 atom stereocenters. The highest BCUT2D eigenvalue weighted by Crippen LogP contribution is 2.29. The monoisotopic (exact) mass is 445 g/mol. The molecule has 0 spiro atoms. The van der Waals surface area contributed by atoms with Crippen molar-refractivity contribution in [2.75, 3.05) is 11.9 Å². The van der Waals surface area contributed by atoms with Gasteiger partial charge in [-0.15, -0.1) is 0 Å². The Labute approximate surface area is 163 Å². The average molecular weight is 447 g/mol. The van der Waals surface area contributed by atoms with Crippen molar-refractivity contribution in [3.8, 4) is 5.75 Å². The third kappa shape index (κ3) is 5.92. The van der Waals surface area contributed by atoms with E-state index in [9.17, 15) is 9.59 Å². The van der Waals surface area contributed by atoms with Gasteiger partial charge in [0.1, 0.15) is 5.75 Å². The van der Waals surface area contributed by atoms with Crippen molar-refractivity contribution >= 4 is 56.7 Å². The zero-order valence-electron chi connectivity index (χ0n) is 13.1. The van der Waals surface area contributed by atoms with Gasteiger partial charge in [-0.2, -0.15) is 0 Å². The van der Waals surface area contributed by atoms with Crippen LogP contribution in [0.5, 0.6) is 5.75 Å². The molecule has 1 amide bonds. The van der Waals surface area contributed by atoms with E-state index in [1.54, 1.807) is 36.4 Å². The Morgan fingerprint density at radius 1 is 1.20 bits per heavy atom. The van der Waals surface area contributed by atoms with Gasteiger partial charge >= 0.3 is 5.97 Å². The Morgan fingerprint density at radius 2 is 1.92 bits per heavy atom. The summed E-state index contributed by atoms with van der Waals surface area (Å²) in [4.78, 5) is 23.9. The molecular formula is C17H14BrCl2NO4. The number of amides is 1. The zero-order valence-corrected chi connectivity index (χ0v) is 16.2. The second-order valence-corrected chi connectivity index (χ2v) is 6.67. The predicted octanol–water partition coefficient (Wildman–Crippen LogP) is 4.71. The lowest BCUT2D eigenvalue weighted by Crippen LogP contribution is -2.31.